The third-order valence-corrected chi connectivity index (χ3v) is 5.95. The lowest BCUT2D eigenvalue weighted by atomic mass is 10.0. The van der Waals surface area contributed by atoms with Crippen LogP contribution in [0.2, 0.25) is 0 Å². The molecule has 1 atom stereocenters. The number of β-lactam (4-membered cyclic amide) rings is 1. The summed E-state index contributed by atoms with van der Waals surface area (Å²) in [5.41, 5.74) is 2.60. The van der Waals surface area contributed by atoms with E-state index in [-0.39, 0.29) is 5.70 Å². The van der Waals surface area contributed by atoms with E-state index in [1.807, 2.05) is 60.7 Å². The Morgan fingerprint density at radius 1 is 1.04 bits per heavy atom. The number of rotatable bonds is 4. The number of benzene rings is 2. The monoisotopic (exact) mass is 379 g/mol. The molecule has 0 aromatic heterocycles. The Hall–Kier alpha value is -2.86. The van der Waals surface area contributed by atoms with Gasteiger partial charge in [0.25, 0.3) is 11.7 Å². The van der Waals surface area contributed by atoms with Gasteiger partial charge in [-0.1, -0.05) is 60.7 Å². The molecule has 0 radical (unpaired) electrons. The third kappa shape index (κ3) is 3.06. The molecule has 27 heavy (non-hydrogen) atoms. The highest BCUT2D eigenvalue weighted by atomic mass is 32.2. The number of Topliss-reactive ketones (excluding diaryl/α,β-unsaturated/α-hetero) is 1. The summed E-state index contributed by atoms with van der Waals surface area (Å²) in [4.78, 5) is 38.0. The van der Waals surface area contributed by atoms with E-state index in [0.717, 1.165) is 16.7 Å². The number of fused-ring (bicyclic) bond motifs is 1. The maximum atomic E-state index is 13.0. The van der Waals surface area contributed by atoms with E-state index in [1.165, 1.54) is 16.7 Å². The fourth-order valence-corrected chi connectivity index (χ4v) is 4.40. The lowest BCUT2D eigenvalue weighted by Gasteiger charge is -2.42. The number of ether oxygens (including phenoxy) is 1. The molecule has 2 aliphatic rings. The van der Waals surface area contributed by atoms with Gasteiger partial charge >= 0.3 is 5.97 Å². The number of esters is 1. The molecule has 2 heterocycles. The Kier molecular flexibility index (Phi) is 4.58. The van der Waals surface area contributed by atoms with Crippen molar-refractivity contribution in [3.8, 4) is 0 Å². The van der Waals surface area contributed by atoms with Gasteiger partial charge in [0.05, 0.1) is 0 Å². The largest absolute Gasteiger partial charge is 0.448 e. The van der Waals surface area contributed by atoms with Crippen molar-refractivity contribution in [3.05, 3.63) is 83.1 Å². The van der Waals surface area contributed by atoms with Crippen LogP contribution in [0.15, 0.2) is 71.9 Å². The number of carbonyl (C=O) groups is 3. The summed E-state index contributed by atoms with van der Waals surface area (Å²) in [6, 6.07) is 18.9. The molecular formula is C21H17NO4S. The lowest BCUT2D eigenvalue weighted by molar-refractivity contribution is -0.158. The number of hydrogen-bond donors (Lipinski definition) is 0. The Labute approximate surface area is 161 Å². The lowest BCUT2D eigenvalue weighted by Crippen LogP contribution is -2.62. The van der Waals surface area contributed by atoms with Crippen LogP contribution in [0.4, 0.5) is 0 Å². The van der Waals surface area contributed by atoms with E-state index >= 15 is 0 Å². The van der Waals surface area contributed by atoms with E-state index in [2.05, 4.69) is 0 Å². The molecule has 1 saturated heterocycles. The van der Waals surface area contributed by atoms with Gasteiger partial charge in [0.1, 0.15) is 5.70 Å². The summed E-state index contributed by atoms with van der Waals surface area (Å²) in [6.45, 7) is 1.79. The molecule has 2 aromatic rings. The van der Waals surface area contributed by atoms with Crippen molar-refractivity contribution in [2.75, 3.05) is 5.75 Å². The number of amides is 1. The minimum absolute atomic E-state index is 0.195. The molecule has 1 amide bonds. The molecule has 2 aliphatic heterocycles. The van der Waals surface area contributed by atoms with E-state index < -0.39 is 29.1 Å². The van der Waals surface area contributed by atoms with Crippen molar-refractivity contribution in [1.29, 1.82) is 0 Å². The second-order valence-electron chi connectivity index (χ2n) is 6.44. The van der Waals surface area contributed by atoms with Crippen LogP contribution in [0.5, 0.6) is 0 Å². The first-order valence-electron chi connectivity index (χ1n) is 8.57. The van der Waals surface area contributed by atoms with E-state index in [0.29, 0.717) is 5.75 Å². The minimum atomic E-state index is -0.644. The Balaban J connectivity index is 1.66. The summed E-state index contributed by atoms with van der Waals surface area (Å²) in [6.07, 6.45) is -0.597. The normalized spacial score (nSPS) is 19.0. The fourth-order valence-electron chi connectivity index (χ4n) is 3.25. The Morgan fingerprint density at radius 3 is 2.15 bits per heavy atom. The summed E-state index contributed by atoms with van der Waals surface area (Å²) >= 11 is 1.36. The van der Waals surface area contributed by atoms with Gasteiger partial charge in [0.15, 0.2) is 11.5 Å². The second-order valence-corrected chi connectivity index (χ2v) is 7.51. The average molecular weight is 379 g/mol. The van der Waals surface area contributed by atoms with Gasteiger partial charge in [-0.3, -0.25) is 14.5 Å². The van der Waals surface area contributed by atoms with Gasteiger partial charge in [-0.2, -0.15) is 0 Å². The smallest absolute Gasteiger partial charge is 0.356 e. The molecule has 5 nitrogen and oxygen atoms in total. The number of thioether (sulfide) groups is 1. The topological polar surface area (TPSA) is 63.7 Å². The molecule has 0 unspecified atom stereocenters. The van der Waals surface area contributed by atoms with Gasteiger partial charge in [-0.15, -0.1) is 11.8 Å². The third-order valence-electron chi connectivity index (χ3n) is 4.61. The van der Waals surface area contributed by atoms with Crippen LogP contribution in [0.1, 0.15) is 24.2 Å². The summed E-state index contributed by atoms with van der Waals surface area (Å²) < 4.78 is 5.86. The van der Waals surface area contributed by atoms with Gasteiger partial charge in [0.2, 0.25) is 0 Å². The van der Waals surface area contributed by atoms with Gasteiger partial charge in [-0.05, 0) is 23.6 Å². The van der Waals surface area contributed by atoms with Crippen molar-refractivity contribution in [2.24, 2.45) is 0 Å². The van der Waals surface area contributed by atoms with Gasteiger partial charge < -0.3 is 4.74 Å². The fraction of sp³-hybridized carbons (Fsp3) is 0.190. The molecular weight excluding hydrogens is 362 g/mol. The predicted molar refractivity (Wildman–Crippen MR) is 102 cm³/mol. The molecule has 4 rings (SSSR count). The average Bonchev–Trinajstić information content (AvgIpc) is 2.72. The van der Waals surface area contributed by atoms with Crippen LogP contribution in [-0.2, 0) is 19.1 Å². The zero-order chi connectivity index (χ0) is 19.0. The first-order chi connectivity index (χ1) is 13.1. The van der Waals surface area contributed by atoms with Crippen molar-refractivity contribution in [3.63, 3.8) is 0 Å². The molecule has 2 aromatic carbocycles. The summed E-state index contributed by atoms with van der Waals surface area (Å²) in [5, 5.41) is -0.601. The quantitative estimate of drug-likeness (QED) is 0.464. The standard InChI is InChI=1S/C21H17NO4S/c1-13-12-27-20-17(23)19(24)22(20)16(13)21(25)26-18(14-8-4-2-5-9-14)15-10-6-3-7-11-15/h2-11,18,20H,12H2,1H3/t20-/m1/s1. The Morgan fingerprint density at radius 2 is 1.59 bits per heavy atom. The molecule has 0 aliphatic carbocycles. The second kappa shape index (κ2) is 7.04. The van der Waals surface area contributed by atoms with Crippen molar-refractivity contribution in [1.82, 2.24) is 4.90 Å². The predicted octanol–water partition coefficient (Wildman–Crippen LogP) is 3.08. The Bertz CT molecular complexity index is 900. The van der Waals surface area contributed by atoms with Crippen LogP contribution < -0.4 is 0 Å². The molecule has 0 bridgehead atoms. The summed E-state index contributed by atoms with van der Waals surface area (Å²) in [5.74, 6) is -1.17. The number of nitrogens with zero attached hydrogens (tertiary/aromatic N) is 1. The minimum Gasteiger partial charge on any atom is -0.448 e. The first-order valence-corrected chi connectivity index (χ1v) is 9.62. The highest BCUT2D eigenvalue weighted by Gasteiger charge is 2.53. The highest BCUT2D eigenvalue weighted by molar-refractivity contribution is 8.01. The molecule has 0 spiro atoms. The van der Waals surface area contributed by atoms with Crippen LogP contribution in [0.25, 0.3) is 0 Å². The van der Waals surface area contributed by atoms with E-state index in [1.54, 1.807) is 6.92 Å². The molecule has 136 valence electrons. The van der Waals surface area contributed by atoms with Crippen LogP contribution >= 0.6 is 11.8 Å². The molecule has 0 N–H and O–H groups in total. The highest BCUT2D eigenvalue weighted by Crippen LogP contribution is 2.39. The van der Waals surface area contributed by atoms with Crippen LogP contribution in [-0.4, -0.2) is 33.7 Å². The van der Waals surface area contributed by atoms with Crippen LogP contribution in [0, 0.1) is 0 Å². The van der Waals surface area contributed by atoms with E-state index in [9.17, 15) is 14.4 Å². The van der Waals surface area contributed by atoms with Gasteiger partial charge in [-0.25, -0.2) is 4.79 Å². The maximum absolute atomic E-state index is 13.0. The molecule has 6 heteroatoms. The maximum Gasteiger partial charge on any atom is 0.356 e. The SMILES string of the molecule is CC1=C(C(=O)OC(c2ccccc2)c2ccccc2)N2C(=O)C(=O)[C@H]2SC1. The number of carbonyl (C=O) groups excluding carboxylic acids is 3. The first kappa shape index (κ1) is 17.5. The van der Waals surface area contributed by atoms with Crippen molar-refractivity contribution in [2.45, 2.75) is 18.4 Å². The zero-order valence-corrected chi connectivity index (χ0v) is 15.4. The van der Waals surface area contributed by atoms with Gasteiger partial charge in [0, 0.05) is 5.75 Å². The zero-order valence-electron chi connectivity index (χ0n) is 14.6. The number of ketones is 1. The van der Waals surface area contributed by atoms with Crippen molar-refractivity contribution < 1.29 is 19.1 Å². The summed E-state index contributed by atoms with van der Waals surface area (Å²) in [7, 11) is 0. The molecule has 1 fully saturated rings. The van der Waals surface area contributed by atoms with Crippen LogP contribution in [0.3, 0.4) is 0 Å². The number of hydrogen-bond acceptors (Lipinski definition) is 5. The van der Waals surface area contributed by atoms with Crippen molar-refractivity contribution >= 4 is 29.4 Å². The van der Waals surface area contributed by atoms with E-state index in [4.69, 9.17) is 4.74 Å². The molecule has 0 saturated carbocycles.